The summed E-state index contributed by atoms with van der Waals surface area (Å²) in [4.78, 5) is 27.3. The minimum absolute atomic E-state index is 0.249. The fraction of sp³-hybridized carbons (Fsp3) is 0.129. The van der Waals surface area contributed by atoms with Crippen LogP contribution in [-0.4, -0.2) is 35.0 Å². The number of aromatic nitrogens is 6. The third kappa shape index (κ3) is 4.62. The molecule has 4 aromatic heterocycles. The monoisotopic (exact) mass is 511 g/mol. The van der Waals surface area contributed by atoms with E-state index in [0.717, 1.165) is 38.9 Å². The van der Waals surface area contributed by atoms with Crippen molar-refractivity contribution >= 4 is 22.5 Å². The number of nitrogens with zero attached hydrogens (tertiary/aromatic N) is 6. The van der Waals surface area contributed by atoms with Crippen molar-refractivity contribution in [2.45, 2.75) is 19.9 Å². The molecule has 39 heavy (non-hydrogen) atoms. The molecule has 0 aliphatic carbocycles. The van der Waals surface area contributed by atoms with E-state index >= 15 is 0 Å². The lowest BCUT2D eigenvalue weighted by molar-refractivity contribution is 0.0939. The number of imidazole rings is 1. The highest BCUT2D eigenvalue weighted by Gasteiger charge is 2.22. The van der Waals surface area contributed by atoms with Gasteiger partial charge in [0.25, 0.3) is 5.91 Å². The van der Waals surface area contributed by atoms with Crippen LogP contribution in [0.5, 0.6) is 0 Å². The van der Waals surface area contributed by atoms with Crippen LogP contribution in [0, 0.1) is 18.8 Å². The average Bonchev–Trinajstić information content (AvgIpc) is 3.60. The van der Waals surface area contributed by atoms with Crippen molar-refractivity contribution < 1.29 is 4.79 Å². The van der Waals surface area contributed by atoms with Crippen LogP contribution in [0.2, 0.25) is 0 Å². The molecule has 190 valence electrons. The van der Waals surface area contributed by atoms with Gasteiger partial charge in [0.2, 0.25) is 0 Å². The van der Waals surface area contributed by atoms with Crippen molar-refractivity contribution in [3.05, 3.63) is 114 Å². The second-order valence-corrected chi connectivity index (χ2v) is 9.37. The summed E-state index contributed by atoms with van der Waals surface area (Å²) in [5, 5.41) is 8.28. The van der Waals surface area contributed by atoms with E-state index < -0.39 is 6.04 Å². The number of pyridine rings is 1. The standard InChI is InChI=1S/C31H25N7O/c1-20-28(30-32-14-15-38(30)19-33-20)31(39)35-21(2)29-26(23-8-5-4-6-9-23)16-25-24(10-7-11-27(25)36-29)13-12-22-17-34-37(3)18-22/h4-11,14-19,21H,1-3H3,(H,35,39). The van der Waals surface area contributed by atoms with Crippen molar-refractivity contribution in [1.82, 2.24) is 34.4 Å². The molecule has 6 rings (SSSR count). The fourth-order valence-electron chi connectivity index (χ4n) is 4.70. The maximum atomic E-state index is 13.5. The summed E-state index contributed by atoms with van der Waals surface area (Å²) in [6.07, 6.45) is 8.72. The number of aryl methyl sites for hydroxylation is 2. The van der Waals surface area contributed by atoms with E-state index in [-0.39, 0.29) is 5.91 Å². The summed E-state index contributed by atoms with van der Waals surface area (Å²) in [6.45, 7) is 3.75. The van der Waals surface area contributed by atoms with Gasteiger partial charge in [-0.2, -0.15) is 5.10 Å². The quantitative estimate of drug-likeness (QED) is 0.341. The number of amides is 1. The van der Waals surface area contributed by atoms with Gasteiger partial charge in [-0.05, 0) is 37.6 Å². The van der Waals surface area contributed by atoms with E-state index in [9.17, 15) is 4.79 Å². The van der Waals surface area contributed by atoms with Crippen LogP contribution in [0.3, 0.4) is 0 Å². The summed E-state index contributed by atoms with van der Waals surface area (Å²) >= 11 is 0. The lowest BCUT2D eigenvalue weighted by Gasteiger charge is -2.19. The number of fused-ring (bicyclic) bond motifs is 2. The Morgan fingerprint density at radius 3 is 2.69 bits per heavy atom. The zero-order valence-electron chi connectivity index (χ0n) is 21.8. The zero-order chi connectivity index (χ0) is 26.9. The van der Waals surface area contributed by atoms with Crippen LogP contribution < -0.4 is 5.32 Å². The van der Waals surface area contributed by atoms with Gasteiger partial charge in [-0.15, -0.1) is 0 Å². The van der Waals surface area contributed by atoms with E-state index in [1.54, 1.807) is 34.0 Å². The largest absolute Gasteiger partial charge is 0.344 e. The number of nitrogens with one attached hydrogen (secondary N) is 1. The van der Waals surface area contributed by atoms with Crippen molar-refractivity contribution in [2.75, 3.05) is 0 Å². The number of hydrogen-bond donors (Lipinski definition) is 1. The van der Waals surface area contributed by atoms with Gasteiger partial charge in [-0.1, -0.05) is 48.2 Å². The Balaban J connectivity index is 1.44. The van der Waals surface area contributed by atoms with Crippen molar-refractivity contribution in [1.29, 1.82) is 0 Å². The molecule has 1 N–H and O–H groups in total. The van der Waals surface area contributed by atoms with Crippen LogP contribution in [0.25, 0.3) is 27.7 Å². The molecule has 0 aliphatic rings. The summed E-state index contributed by atoms with van der Waals surface area (Å²) in [7, 11) is 1.87. The van der Waals surface area contributed by atoms with Crippen LogP contribution in [0.15, 0.2) is 85.7 Å². The van der Waals surface area contributed by atoms with Crippen molar-refractivity contribution in [3.8, 4) is 23.0 Å². The van der Waals surface area contributed by atoms with Crippen LogP contribution in [-0.2, 0) is 7.05 Å². The third-order valence-corrected chi connectivity index (χ3v) is 6.63. The molecule has 0 aliphatic heterocycles. The Hall–Kier alpha value is -5.29. The van der Waals surface area contributed by atoms with E-state index in [1.807, 2.05) is 75.6 Å². The smallest absolute Gasteiger partial charge is 0.257 e. The number of carbonyl (C=O) groups excluding carboxylic acids is 1. The van der Waals surface area contributed by atoms with Crippen molar-refractivity contribution in [2.24, 2.45) is 7.05 Å². The highest BCUT2D eigenvalue weighted by molar-refractivity contribution is 6.01. The van der Waals surface area contributed by atoms with Crippen molar-refractivity contribution in [3.63, 3.8) is 0 Å². The maximum absolute atomic E-state index is 13.5. The molecule has 2 aromatic carbocycles. The Morgan fingerprint density at radius 1 is 1.05 bits per heavy atom. The SMILES string of the molecule is Cc1ncn2ccnc2c1C(=O)NC(C)c1nc2cccc(C#Cc3cnn(C)c3)c2cc1-c1ccccc1. The summed E-state index contributed by atoms with van der Waals surface area (Å²) in [5.74, 6) is 6.24. The van der Waals surface area contributed by atoms with E-state index in [4.69, 9.17) is 4.98 Å². The van der Waals surface area contributed by atoms with Gasteiger partial charge in [0, 0.05) is 42.2 Å². The molecule has 1 amide bonds. The zero-order valence-corrected chi connectivity index (χ0v) is 21.8. The molecule has 8 nitrogen and oxygen atoms in total. The fourth-order valence-corrected chi connectivity index (χ4v) is 4.70. The lowest BCUT2D eigenvalue weighted by atomic mass is 9.96. The molecule has 0 bridgehead atoms. The molecule has 0 saturated carbocycles. The van der Waals surface area contributed by atoms with Crippen LogP contribution >= 0.6 is 0 Å². The van der Waals surface area contributed by atoms with E-state index in [2.05, 4.69) is 38.3 Å². The molecular formula is C31H25N7O. The van der Waals surface area contributed by atoms with Crippen LogP contribution in [0.1, 0.15) is 45.8 Å². The summed E-state index contributed by atoms with van der Waals surface area (Å²) in [6, 6.07) is 17.7. The number of carbonyl (C=O) groups is 1. The maximum Gasteiger partial charge on any atom is 0.257 e. The Bertz CT molecular complexity index is 1910. The van der Waals surface area contributed by atoms with Gasteiger partial charge in [0.15, 0.2) is 5.65 Å². The first-order valence-electron chi connectivity index (χ1n) is 12.6. The molecule has 8 heteroatoms. The molecule has 1 unspecified atom stereocenters. The molecule has 0 fully saturated rings. The molecule has 0 saturated heterocycles. The number of rotatable bonds is 4. The van der Waals surface area contributed by atoms with Gasteiger partial charge in [-0.25, -0.2) is 15.0 Å². The number of hydrogen-bond acceptors (Lipinski definition) is 5. The normalized spacial score (nSPS) is 11.8. The van der Waals surface area contributed by atoms with Gasteiger partial charge in [0.1, 0.15) is 11.9 Å². The highest BCUT2D eigenvalue weighted by Crippen LogP contribution is 2.32. The van der Waals surface area contributed by atoms with Crippen LogP contribution in [0.4, 0.5) is 0 Å². The first kappa shape index (κ1) is 24.1. The van der Waals surface area contributed by atoms with E-state index in [1.165, 1.54) is 0 Å². The Morgan fingerprint density at radius 2 is 1.90 bits per heavy atom. The van der Waals surface area contributed by atoms with E-state index in [0.29, 0.717) is 16.9 Å². The summed E-state index contributed by atoms with van der Waals surface area (Å²) in [5.41, 5.74) is 6.85. The second-order valence-electron chi connectivity index (χ2n) is 9.37. The average molecular weight is 512 g/mol. The molecule has 0 spiro atoms. The molecular weight excluding hydrogens is 486 g/mol. The van der Waals surface area contributed by atoms with Gasteiger partial charge >= 0.3 is 0 Å². The minimum Gasteiger partial charge on any atom is -0.344 e. The number of benzene rings is 2. The van der Waals surface area contributed by atoms with Gasteiger partial charge in [-0.3, -0.25) is 13.9 Å². The Kier molecular flexibility index (Phi) is 6.10. The molecule has 4 heterocycles. The first-order chi connectivity index (χ1) is 19.0. The minimum atomic E-state index is -0.392. The third-order valence-electron chi connectivity index (χ3n) is 6.63. The highest BCUT2D eigenvalue weighted by atomic mass is 16.1. The topological polar surface area (TPSA) is 90.0 Å². The molecule has 0 radical (unpaired) electrons. The second kappa shape index (κ2) is 9.88. The molecule has 1 atom stereocenters. The van der Waals surface area contributed by atoms with Gasteiger partial charge < -0.3 is 5.32 Å². The first-order valence-corrected chi connectivity index (χ1v) is 12.6. The lowest BCUT2D eigenvalue weighted by Crippen LogP contribution is -2.29. The molecule has 6 aromatic rings. The predicted octanol–water partition coefficient (Wildman–Crippen LogP) is 4.88. The Labute approximate surface area is 225 Å². The van der Waals surface area contributed by atoms with Gasteiger partial charge in [0.05, 0.1) is 34.7 Å². The predicted molar refractivity (Wildman–Crippen MR) is 150 cm³/mol. The summed E-state index contributed by atoms with van der Waals surface area (Å²) < 4.78 is 3.47.